The van der Waals surface area contributed by atoms with E-state index in [0.29, 0.717) is 5.82 Å². The molecule has 72 valence electrons. The molecule has 0 radical (unpaired) electrons. The van der Waals surface area contributed by atoms with Crippen LogP contribution in [0.3, 0.4) is 0 Å². The van der Waals surface area contributed by atoms with E-state index in [9.17, 15) is 0 Å². The first-order valence-electron chi connectivity index (χ1n) is 4.67. The number of aromatic amines is 1. The summed E-state index contributed by atoms with van der Waals surface area (Å²) in [6.45, 7) is 1.78. The predicted octanol–water partition coefficient (Wildman–Crippen LogP) is 0.186. The monoisotopic (exact) mass is 189 g/mol. The highest BCUT2D eigenvalue weighted by Crippen LogP contribution is 2.24. The summed E-state index contributed by atoms with van der Waals surface area (Å²) in [5.41, 5.74) is 9.93. The molecular formula is C9H11N5. The summed E-state index contributed by atoms with van der Waals surface area (Å²) in [4.78, 5) is 11.7. The molecule has 2 aromatic heterocycles. The molecule has 3 rings (SSSR count). The van der Waals surface area contributed by atoms with Crippen molar-refractivity contribution in [1.29, 1.82) is 0 Å². The van der Waals surface area contributed by atoms with Gasteiger partial charge in [-0.3, -0.25) is 0 Å². The van der Waals surface area contributed by atoms with Gasteiger partial charge in [-0.2, -0.15) is 0 Å². The summed E-state index contributed by atoms with van der Waals surface area (Å²) in [5.74, 6) is 0.542. The van der Waals surface area contributed by atoms with Gasteiger partial charge in [0.15, 0.2) is 0 Å². The zero-order valence-electron chi connectivity index (χ0n) is 7.67. The zero-order valence-corrected chi connectivity index (χ0v) is 7.67. The van der Waals surface area contributed by atoms with Crippen LogP contribution in [0.2, 0.25) is 0 Å². The lowest BCUT2D eigenvalue weighted by Gasteiger charge is -2.16. The lowest BCUT2D eigenvalue weighted by atomic mass is 10.0. The van der Waals surface area contributed by atoms with Gasteiger partial charge in [-0.15, -0.1) is 0 Å². The molecule has 1 aliphatic rings. The van der Waals surface area contributed by atoms with Gasteiger partial charge in [0.25, 0.3) is 0 Å². The van der Waals surface area contributed by atoms with Crippen molar-refractivity contribution in [2.45, 2.75) is 13.0 Å². The predicted molar refractivity (Wildman–Crippen MR) is 53.7 cm³/mol. The molecule has 0 bridgehead atoms. The number of aromatic nitrogens is 3. The zero-order chi connectivity index (χ0) is 9.54. The van der Waals surface area contributed by atoms with Crippen molar-refractivity contribution >= 4 is 16.9 Å². The quantitative estimate of drug-likeness (QED) is 0.552. The fourth-order valence-corrected chi connectivity index (χ4v) is 1.95. The fourth-order valence-electron chi connectivity index (χ4n) is 1.95. The van der Waals surface area contributed by atoms with Gasteiger partial charge in [0.1, 0.15) is 11.3 Å². The van der Waals surface area contributed by atoms with Gasteiger partial charge in [-0.1, -0.05) is 0 Å². The minimum absolute atomic E-state index is 0.542. The number of pyridine rings is 1. The SMILES string of the molecule is Nc1nc2c(c3nc[nH]c13)CCNC2. The number of imidazole rings is 1. The normalized spacial score (nSPS) is 15.7. The third-order valence-corrected chi connectivity index (χ3v) is 2.63. The van der Waals surface area contributed by atoms with E-state index in [-0.39, 0.29) is 0 Å². The Labute approximate surface area is 80.7 Å². The first kappa shape index (κ1) is 7.75. The minimum atomic E-state index is 0.542. The third kappa shape index (κ3) is 0.927. The number of nitrogens with one attached hydrogen (secondary N) is 2. The molecule has 5 nitrogen and oxygen atoms in total. The van der Waals surface area contributed by atoms with Crippen molar-refractivity contribution in [2.24, 2.45) is 0 Å². The number of hydrogen-bond donors (Lipinski definition) is 3. The average Bonchev–Trinajstić information content (AvgIpc) is 2.67. The number of nitrogens with zero attached hydrogens (tertiary/aromatic N) is 2. The maximum Gasteiger partial charge on any atom is 0.149 e. The molecule has 2 aromatic rings. The summed E-state index contributed by atoms with van der Waals surface area (Å²) in [7, 11) is 0. The van der Waals surface area contributed by atoms with E-state index in [2.05, 4.69) is 20.3 Å². The van der Waals surface area contributed by atoms with Gasteiger partial charge < -0.3 is 16.0 Å². The Morgan fingerprint density at radius 3 is 3.29 bits per heavy atom. The molecule has 4 N–H and O–H groups in total. The van der Waals surface area contributed by atoms with E-state index in [1.165, 1.54) is 5.56 Å². The maximum absolute atomic E-state index is 5.81. The van der Waals surface area contributed by atoms with Crippen molar-refractivity contribution in [1.82, 2.24) is 20.3 Å². The Kier molecular flexibility index (Phi) is 1.49. The van der Waals surface area contributed by atoms with E-state index in [4.69, 9.17) is 5.73 Å². The number of nitrogens with two attached hydrogens (primary N) is 1. The van der Waals surface area contributed by atoms with Crippen LogP contribution in [0, 0.1) is 0 Å². The smallest absolute Gasteiger partial charge is 0.149 e. The lowest BCUT2D eigenvalue weighted by molar-refractivity contribution is 0.631. The highest BCUT2D eigenvalue weighted by atomic mass is 15.0. The topological polar surface area (TPSA) is 79.6 Å². The Balaban J connectivity index is 2.38. The summed E-state index contributed by atoms with van der Waals surface area (Å²) < 4.78 is 0. The van der Waals surface area contributed by atoms with Gasteiger partial charge >= 0.3 is 0 Å². The first-order valence-corrected chi connectivity index (χ1v) is 4.67. The molecule has 1 aliphatic heterocycles. The Hall–Kier alpha value is -1.62. The van der Waals surface area contributed by atoms with Crippen molar-refractivity contribution in [3.8, 4) is 0 Å². The molecular weight excluding hydrogens is 178 g/mol. The van der Waals surface area contributed by atoms with Crippen LogP contribution >= 0.6 is 0 Å². The molecule has 3 heterocycles. The van der Waals surface area contributed by atoms with Crippen LogP contribution in [0.15, 0.2) is 6.33 Å². The Morgan fingerprint density at radius 1 is 1.43 bits per heavy atom. The molecule has 0 atom stereocenters. The van der Waals surface area contributed by atoms with Crippen LogP contribution in [-0.4, -0.2) is 21.5 Å². The maximum atomic E-state index is 5.81. The van der Waals surface area contributed by atoms with E-state index in [1.807, 2.05) is 0 Å². The first-order chi connectivity index (χ1) is 6.86. The van der Waals surface area contributed by atoms with Crippen LogP contribution in [0.5, 0.6) is 0 Å². The summed E-state index contributed by atoms with van der Waals surface area (Å²) in [5, 5.41) is 3.27. The van der Waals surface area contributed by atoms with Gasteiger partial charge in [-0.25, -0.2) is 9.97 Å². The fraction of sp³-hybridized carbons (Fsp3) is 0.333. The van der Waals surface area contributed by atoms with Gasteiger partial charge in [0, 0.05) is 12.1 Å². The summed E-state index contributed by atoms with van der Waals surface area (Å²) in [6, 6.07) is 0. The van der Waals surface area contributed by atoms with Crippen molar-refractivity contribution in [3.63, 3.8) is 0 Å². The lowest BCUT2D eigenvalue weighted by Crippen LogP contribution is -2.25. The van der Waals surface area contributed by atoms with Gasteiger partial charge in [0.2, 0.25) is 0 Å². The van der Waals surface area contributed by atoms with Crippen molar-refractivity contribution in [2.75, 3.05) is 12.3 Å². The third-order valence-electron chi connectivity index (χ3n) is 2.63. The number of anilines is 1. The Morgan fingerprint density at radius 2 is 2.36 bits per heavy atom. The largest absolute Gasteiger partial charge is 0.382 e. The van der Waals surface area contributed by atoms with E-state index >= 15 is 0 Å². The van der Waals surface area contributed by atoms with Gasteiger partial charge in [-0.05, 0) is 13.0 Å². The molecule has 0 aliphatic carbocycles. The van der Waals surface area contributed by atoms with Crippen molar-refractivity contribution < 1.29 is 0 Å². The highest BCUT2D eigenvalue weighted by Gasteiger charge is 2.16. The minimum Gasteiger partial charge on any atom is -0.382 e. The van der Waals surface area contributed by atoms with Crippen molar-refractivity contribution in [3.05, 3.63) is 17.6 Å². The van der Waals surface area contributed by atoms with Gasteiger partial charge in [0.05, 0.1) is 17.5 Å². The summed E-state index contributed by atoms with van der Waals surface area (Å²) in [6.07, 6.45) is 2.65. The standard InChI is InChI=1S/C9H11N5/c10-9-8-7(12-4-13-8)5-1-2-11-3-6(5)14-9/h4,11H,1-3H2,(H2,10,14)(H,12,13). The second-order valence-corrected chi connectivity index (χ2v) is 3.48. The molecule has 14 heavy (non-hydrogen) atoms. The van der Waals surface area contributed by atoms with Crippen LogP contribution < -0.4 is 11.1 Å². The molecule has 5 heteroatoms. The second kappa shape index (κ2) is 2.68. The highest BCUT2D eigenvalue weighted by molar-refractivity contribution is 5.87. The number of fused-ring (bicyclic) bond motifs is 3. The Bertz CT molecular complexity index is 487. The number of nitrogen functional groups attached to an aromatic ring is 1. The number of rotatable bonds is 0. The molecule has 0 unspecified atom stereocenters. The second-order valence-electron chi connectivity index (χ2n) is 3.48. The van der Waals surface area contributed by atoms with E-state index in [0.717, 1.165) is 36.2 Å². The molecule has 0 saturated carbocycles. The molecule has 0 amide bonds. The molecule has 0 saturated heterocycles. The molecule has 0 spiro atoms. The van der Waals surface area contributed by atoms with Crippen LogP contribution in [0.25, 0.3) is 11.0 Å². The molecule has 0 aromatic carbocycles. The summed E-state index contributed by atoms with van der Waals surface area (Å²) >= 11 is 0. The van der Waals surface area contributed by atoms with Crippen LogP contribution in [0.4, 0.5) is 5.82 Å². The van der Waals surface area contributed by atoms with E-state index in [1.54, 1.807) is 6.33 Å². The number of hydrogen-bond acceptors (Lipinski definition) is 4. The average molecular weight is 189 g/mol. The van der Waals surface area contributed by atoms with Crippen LogP contribution in [-0.2, 0) is 13.0 Å². The van der Waals surface area contributed by atoms with Crippen LogP contribution in [0.1, 0.15) is 11.3 Å². The molecule has 0 fully saturated rings. The van der Waals surface area contributed by atoms with E-state index < -0.39 is 0 Å². The number of H-pyrrole nitrogens is 1.